The number of aliphatic hydroxyl groups excluding tert-OH is 1. The van der Waals surface area contributed by atoms with Crippen LogP contribution in [0.3, 0.4) is 0 Å². The SMILES string of the molecule is C/C=C/c1ccc2c(c1)O[C@@H](CN(C)C(=O)Nc1ccc(OC)cc1)[C@@H](C)CN([C@@H](C)CO)S2(=O)=O. The highest BCUT2D eigenvalue weighted by Crippen LogP contribution is 2.34. The lowest BCUT2D eigenvalue weighted by molar-refractivity contribution is 0.0830. The number of methoxy groups -OCH3 is 1. The van der Waals surface area contributed by atoms with Crippen LogP contribution in [-0.2, 0) is 10.0 Å². The summed E-state index contributed by atoms with van der Waals surface area (Å²) in [5.41, 5.74) is 1.42. The monoisotopic (exact) mass is 517 g/mol. The van der Waals surface area contributed by atoms with Crippen LogP contribution in [0.4, 0.5) is 10.5 Å². The molecular formula is C26H35N3O6S. The molecule has 9 nitrogen and oxygen atoms in total. The zero-order valence-electron chi connectivity index (χ0n) is 21.3. The first-order chi connectivity index (χ1) is 17.1. The Kier molecular flexibility index (Phi) is 8.99. The number of carbonyl (C=O) groups is 1. The minimum absolute atomic E-state index is 0.0401. The van der Waals surface area contributed by atoms with E-state index < -0.39 is 22.2 Å². The van der Waals surface area contributed by atoms with E-state index in [9.17, 15) is 18.3 Å². The normalized spacial score (nSPS) is 20.5. The Hall–Kier alpha value is -3.08. The number of sulfonamides is 1. The summed E-state index contributed by atoms with van der Waals surface area (Å²) in [6.07, 6.45) is 3.22. The van der Waals surface area contributed by atoms with Gasteiger partial charge in [-0.15, -0.1) is 0 Å². The Morgan fingerprint density at radius 2 is 2.00 bits per heavy atom. The zero-order valence-corrected chi connectivity index (χ0v) is 22.2. The van der Waals surface area contributed by atoms with Crippen molar-refractivity contribution in [2.45, 2.75) is 37.8 Å². The Labute approximate surface area is 213 Å². The molecular weight excluding hydrogens is 482 g/mol. The summed E-state index contributed by atoms with van der Waals surface area (Å²) < 4.78 is 39.8. The maximum atomic E-state index is 13.5. The van der Waals surface area contributed by atoms with Gasteiger partial charge in [0.15, 0.2) is 0 Å². The molecule has 2 amide bonds. The third-order valence-corrected chi connectivity index (χ3v) is 8.21. The molecule has 2 aromatic rings. The number of likely N-dealkylation sites (N-methyl/N-ethyl adjacent to an activating group) is 1. The average molecular weight is 518 g/mol. The number of allylic oxidation sites excluding steroid dienone is 1. The molecule has 0 spiro atoms. The molecule has 10 heteroatoms. The number of benzene rings is 2. The number of urea groups is 1. The van der Waals surface area contributed by atoms with Gasteiger partial charge >= 0.3 is 6.03 Å². The van der Waals surface area contributed by atoms with Crippen LogP contribution >= 0.6 is 0 Å². The third-order valence-electron chi connectivity index (χ3n) is 6.19. The van der Waals surface area contributed by atoms with Gasteiger partial charge in [-0.2, -0.15) is 4.31 Å². The Morgan fingerprint density at radius 3 is 2.61 bits per heavy atom. The fraction of sp³-hybridized carbons (Fsp3) is 0.423. The molecule has 3 rings (SSSR count). The molecule has 0 fully saturated rings. The number of rotatable bonds is 7. The van der Waals surface area contributed by atoms with Gasteiger partial charge in [-0.05, 0) is 55.8 Å². The van der Waals surface area contributed by atoms with Crippen LogP contribution in [0.1, 0.15) is 26.3 Å². The first-order valence-electron chi connectivity index (χ1n) is 11.8. The van der Waals surface area contributed by atoms with Crippen LogP contribution in [0.5, 0.6) is 11.5 Å². The highest BCUT2D eigenvalue weighted by molar-refractivity contribution is 7.89. The van der Waals surface area contributed by atoms with E-state index in [4.69, 9.17) is 9.47 Å². The van der Waals surface area contributed by atoms with Gasteiger partial charge < -0.3 is 24.8 Å². The summed E-state index contributed by atoms with van der Waals surface area (Å²) in [5.74, 6) is 0.635. The highest BCUT2D eigenvalue weighted by atomic mass is 32.2. The molecule has 2 N–H and O–H groups in total. The lowest BCUT2D eigenvalue weighted by Gasteiger charge is -2.37. The number of ether oxygens (including phenoxy) is 2. The predicted molar refractivity (Wildman–Crippen MR) is 140 cm³/mol. The van der Waals surface area contributed by atoms with Crippen LogP contribution in [0.15, 0.2) is 53.4 Å². The number of hydrogen-bond acceptors (Lipinski definition) is 6. The topological polar surface area (TPSA) is 108 Å². The smallest absolute Gasteiger partial charge is 0.321 e. The number of fused-ring (bicyclic) bond motifs is 1. The van der Waals surface area contributed by atoms with Crippen molar-refractivity contribution in [3.05, 3.63) is 54.1 Å². The summed E-state index contributed by atoms with van der Waals surface area (Å²) in [7, 11) is -0.676. The second kappa shape index (κ2) is 11.8. The maximum Gasteiger partial charge on any atom is 0.321 e. The summed E-state index contributed by atoms with van der Waals surface area (Å²) in [4.78, 5) is 14.4. The molecule has 0 bridgehead atoms. The first-order valence-corrected chi connectivity index (χ1v) is 13.3. The van der Waals surface area contributed by atoms with E-state index in [-0.39, 0.29) is 42.3 Å². The Balaban J connectivity index is 1.90. The van der Waals surface area contributed by atoms with Gasteiger partial charge in [-0.25, -0.2) is 13.2 Å². The Morgan fingerprint density at radius 1 is 1.31 bits per heavy atom. The van der Waals surface area contributed by atoms with E-state index >= 15 is 0 Å². The summed E-state index contributed by atoms with van der Waals surface area (Å²) in [6.45, 7) is 5.47. The molecule has 1 aliphatic rings. The van der Waals surface area contributed by atoms with Crippen molar-refractivity contribution in [3.63, 3.8) is 0 Å². The fourth-order valence-corrected chi connectivity index (χ4v) is 5.83. The largest absolute Gasteiger partial charge is 0.497 e. The zero-order chi connectivity index (χ0) is 26.5. The first kappa shape index (κ1) is 27.5. The van der Waals surface area contributed by atoms with Crippen LogP contribution in [-0.4, -0.2) is 74.8 Å². The number of carbonyl (C=O) groups excluding carboxylic acids is 1. The van der Waals surface area contributed by atoms with Gasteiger partial charge in [0.2, 0.25) is 10.0 Å². The van der Waals surface area contributed by atoms with E-state index in [1.165, 1.54) is 15.3 Å². The number of anilines is 1. The van der Waals surface area contributed by atoms with Crippen LogP contribution in [0, 0.1) is 5.92 Å². The molecule has 3 atom stereocenters. The molecule has 0 radical (unpaired) electrons. The summed E-state index contributed by atoms with van der Waals surface area (Å²) in [5, 5.41) is 12.6. The minimum atomic E-state index is -3.91. The van der Waals surface area contributed by atoms with Crippen LogP contribution in [0.25, 0.3) is 6.08 Å². The molecule has 0 saturated heterocycles. The molecule has 0 aliphatic carbocycles. The number of hydrogen-bond donors (Lipinski definition) is 2. The Bertz CT molecular complexity index is 1180. The standard InChI is InChI=1S/C26H35N3O6S/c1-6-7-20-8-13-25-23(14-20)35-24(18(2)15-29(19(3)17-30)36(25,32)33)16-28(4)26(31)27-21-9-11-22(34-5)12-10-21/h6-14,18-19,24,30H,15-17H2,1-5H3,(H,27,31)/b7-6+/t18-,19-,24-/m0/s1. The van der Waals surface area contributed by atoms with E-state index in [1.807, 2.05) is 26.0 Å². The molecule has 0 aromatic heterocycles. The fourth-order valence-electron chi connectivity index (χ4n) is 4.00. The predicted octanol–water partition coefficient (Wildman–Crippen LogP) is 3.66. The minimum Gasteiger partial charge on any atom is -0.497 e. The van der Waals surface area contributed by atoms with Crippen molar-refractivity contribution >= 4 is 27.8 Å². The molecule has 196 valence electrons. The lowest BCUT2D eigenvalue weighted by Crippen LogP contribution is -2.50. The van der Waals surface area contributed by atoms with Crippen molar-refractivity contribution in [3.8, 4) is 11.5 Å². The second-order valence-corrected chi connectivity index (χ2v) is 10.8. The molecule has 2 aromatic carbocycles. The summed E-state index contributed by atoms with van der Waals surface area (Å²) in [6, 6.07) is 11.0. The number of nitrogens with one attached hydrogen (secondary N) is 1. The van der Waals surface area contributed by atoms with E-state index in [2.05, 4.69) is 5.32 Å². The van der Waals surface area contributed by atoms with Gasteiger partial charge in [0.05, 0.1) is 20.3 Å². The van der Waals surface area contributed by atoms with Gasteiger partial charge in [0.25, 0.3) is 0 Å². The number of amides is 2. The quantitative estimate of drug-likeness (QED) is 0.580. The number of aliphatic hydroxyl groups is 1. The second-order valence-electron chi connectivity index (χ2n) is 8.99. The van der Waals surface area contributed by atoms with Crippen molar-refractivity contribution < 1.29 is 27.8 Å². The molecule has 0 saturated carbocycles. The van der Waals surface area contributed by atoms with Gasteiger partial charge in [-0.1, -0.05) is 25.1 Å². The van der Waals surface area contributed by atoms with Crippen molar-refractivity contribution in [1.29, 1.82) is 0 Å². The third kappa shape index (κ3) is 6.18. The average Bonchev–Trinajstić information content (AvgIpc) is 2.86. The molecule has 1 aliphatic heterocycles. The van der Waals surface area contributed by atoms with Crippen molar-refractivity contribution in [2.75, 3.05) is 39.2 Å². The van der Waals surface area contributed by atoms with Crippen LogP contribution in [0.2, 0.25) is 0 Å². The van der Waals surface area contributed by atoms with E-state index in [0.717, 1.165) is 5.56 Å². The highest BCUT2D eigenvalue weighted by Gasteiger charge is 2.38. The molecule has 36 heavy (non-hydrogen) atoms. The van der Waals surface area contributed by atoms with Gasteiger partial charge in [0.1, 0.15) is 22.5 Å². The van der Waals surface area contributed by atoms with E-state index in [0.29, 0.717) is 11.4 Å². The number of nitrogens with zero attached hydrogens (tertiary/aromatic N) is 2. The summed E-state index contributed by atoms with van der Waals surface area (Å²) >= 11 is 0. The molecule has 0 unspecified atom stereocenters. The van der Waals surface area contributed by atoms with Gasteiger partial charge in [-0.3, -0.25) is 0 Å². The maximum absolute atomic E-state index is 13.5. The van der Waals surface area contributed by atoms with Crippen molar-refractivity contribution in [1.82, 2.24) is 9.21 Å². The molecule has 1 heterocycles. The van der Waals surface area contributed by atoms with E-state index in [1.54, 1.807) is 57.5 Å². The van der Waals surface area contributed by atoms with Crippen molar-refractivity contribution in [2.24, 2.45) is 5.92 Å². The van der Waals surface area contributed by atoms with Crippen LogP contribution < -0.4 is 14.8 Å². The lowest BCUT2D eigenvalue weighted by atomic mass is 10.0. The van der Waals surface area contributed by atoms with Gasteiger partial charge in [0, 0.05) is 31.2 Å².